The van der Waals surface area contributed by atoms with Crippen LogP contribution < -0.4 is 0 Å². The third kappa shape index (κ3) is 2.88. The van der Waals surface area contributed by atoms with Crippen LogP contribution in [0, 0.1) is 6.92 Å². The highest BCUT2D eigenvalue weighted by Gasteiger charge is 2.28. The summed E-state index contributed by atoms with van der Waals surface area (Å²) in [6, 6.07) is 8.71. The fraction of sp³-hybridized carbons (Fsp3) is 0.588. The molecule has 0 aromatic heterocycles. The van der Waals surface area contributed by atoms with Crippen LogP contribution in [0.25, 0.3) is 0 Å². The quantitative estimate of drug-likeness (QED) is 0.826. The van der Waals surface area contributed by atoms with Gasteiger partial charge in [-0.25, -0.2) is 0 Å². The molecule has 0 atom stereocenters. The van der Waals surface area contributed by atoms with Gasteiger partial charge in [0.1, 0.15) is 0 Å². The van der Waals surface area contributed by atoms with E-state index in [0.717, 1.165) is 37.8 Å². The van der Waals surface area contributed by atoms with Crippen LogP contribution in [0.1, 0.15) is 41.6 Å². The van der Waals surface area contributed by atoms with Gasteiger partial charge >= 0.3 is 0 Å². The summed E-state index contributed by atoms with van der Waals surface area (Å²) in [6.07, 6.45) is 5.47. The summed E-state index contributed by atoms with van der Waals surface area (Å²) in [4.78, 5) is 17.0. The van der Waals surface area contributed by atoms with E-state index in [2.05, 4.69) is 11.8 Å². The van der Waals surface area contributed by atoms with Gasteiger partial charge in [0.2, 0.25) is 0 Å². The number of rotatable bonds is 2. The molecular weight excluding hydrogens is 248 g/mol. The molecule has 1 saturated heterocycles. The molecule has 0 spiro atoms. The molecule has 1 aromatic rings. The first-order valence-electron chi connectivity index (χ1n) is 7.84. The van der Waals surface area contributed by atoms with Crippen molar-refractivity contribution in [2.45, 2.75) is 38.6 Å². The largest absolute Gasteiger partial charge is 0.336 e. The van der Waals surface area contributed by atoms with E-state index in [1.807, 2.05) is 29.2 Å². The molecular formula is C17H24N2O. The number of amides is 1. The van der Waals surface area contributed by atoms with Crippen LogP contribution in [0.3, 0.4) is 0 Å². The topological polar surface area (TPSA) is 23.6 Å². The van der Waals surface area contributed by atoms with E-state index in [9.17, 15) is 4.79 Å². The van der Waals surface area contributed by atoms with Crippen molar-refractivity contribution in [3.8, 4) is 0 Å². The minimum atomic E-state index is 0.191. The van der Waals surface area contributed by atoms with Crippen LogP contribution in [0.5, 0.6) is 0 Å². The molecule has 1 saturated carbocycles. The van der Waals surface area contributed by atoms with Crippen LogP contribution in [-0.4, -0.2) is 47.9 Å². The Kier molecular flexibility index (Phi) is 4.06. The third-order valence-electron chi connectivity index (χ3n) is 4.74. The summed E-state index contributed by atoms with van der Waals surface area (Å²) in [5.74, 6) is 0.191. The normalized spacial score (nSPS) is 21.4. The molecule has 1 heterocycles. The van der Waals surface area contributed by atoms with Gasteiger partial charge in [-0.15, -0.1) is 0 Å². The monoisotopic (exact) mass is 272 g/mol. The Bertz CT molecular complexity index is 454. The van der Waals surface area contributed by atoms with Gasteiger partial charge in [-0.2, -0.15) is 0 Å². The Hall–Kier alpha value is -1.35. The van der Waals surface area contributed by atoms with Crippen LogP contribution >= 0.6 is 0 Å². The standard InChI is InChI=1S/C17H24N2O/c1-14-6-8-15(9-7-14)17(20)19-12-10-18(11-13-19)16-4-2-3-5-16/h6-9,16H,2-5,10-13H2,1H3. The van der Waals surface area contributed by atoms with Gasteiger partial charge < -0.3 is 4.90 Å². The zero-order valence-electron chi connectivity index (χ0n) is 12.3. The van der Waals surface area contributed by atoms with E-state index in [1.54, 1.807) is 0 Å². The number of aryl methyl sites for hydroxylation is 1. The maximum absolute atomic E-state index is 12.4. The van der Waals surface area contributed by atoms with Crippen molar-refractivity contribution in [3.63, 3.8) is 0 Å². The first-order valence-corrected chi connectivity index (χ1v) is 7.84. The van der Waals surface area contributed by atoms with E-state index in [1.165, 1.54) is 31.2 Å². The van der Waals surface area contributed by atoms with Gasteiger partial charge in [0, 0.05) is 37.8 Å². The van der Waals surface area contributed by atoms with Crippen LogP contribution in [0.15, 0.2) is 24.3 Å². The third-order valence-corrected chi connectivity index (χ3v) is 4.74. The fourth-order valence-corrected chi connectivity index (χ4v) is 3.44. The second-order valence-corrected chi connectivity index (χ2v) is 6.13. The van der Waals surface area contributed by atoms with Gasteiger partial charge in [-0.1, -0.05) is 30.5 Å². The Morgan fingerprint density at radius 1 is 1.00 bits per heavy atom. The second kappa shape index (κ2) is 5.96. The SMILES string of the molecule is Cc1ccc(C(=O)N2CCN(C3CCCC3)CC2)cc1. The van der Waals surface area contributed by atoms with E-state index in [-0.39, 0.29) is 5.91 Å². The average molecular weight is 272 g/mol. The predicted octanol–water partition coefficient (Wildman–Crippen LogP) is 2.70. The van der Waals surface area contributed by atoms with Crippen molar-refractivity contribution in [1.29, 1.82) is 0 Å². The molecule has 0 unspecified atom stereocenters. The Morgan fingerprint density at radius 3 is 2.20 bits per heavy atom. The highest BCUT2D eigenvalue weighted by molar-refractivity contribution is 5.94. The zero-order valence-corrected chi connectivity index (χ0v) is 12.3. The molecule has 0 bridgehead atoms. The Balaban J connectivity index is 1.57. The number of carbonyl (C=O) groups is 1. The summed E-state index contributed by atoms with van der Waals surface area (Å²) in [5.41, 5.74) is 2.03. The molecule has 3 nitrogen and oxygen atoms in total. The van der Waals surface area contributed by atoms with Crippen molar-refractivity contribution < 1.29 is 4.79 Å². The number of hydrogen-bond donors (Lipinski definition) is 0. The van der Waals surface area contributed by atoms with Crippen LogP contribution in [0.4, 0.5) is 0 Å². The molecule has 1 amide bonds. The maximum Gasteiger partial charge on any atom is 0.253 e. The molecule has 1 aromatic carbocycles. The molecule has 0 N–H and O–H groups in total. The lowest BCUT2D eigenvalue weighted by atomic mass is 10.1. The van der Waals surface area contributed by atoms with Crippen molar-refractivity contribution in [2.75, 3.05) is 26.2 Å². The first-order chi connectivity index (χ1) is 9.74. The second-order valence-electron chi connectivity index (χ2n) is 6.13. The Labute approximate surface area is 121 Å². The molecule has 1 aliphatic heterocycles. The smallest absolute Gasteiger partial charge is 0.253 e. The average Bonchev–Trinajstić information content (AvgIpc) is 3.02. The highest BCUT2D eigenvalue weighted by Crippen LogP contribution is 2.24. The number of hydrogen-bond acceptors (Lipinski definition) is 2. The van der Waals surface area contributed by atoms with Crippen molar-refractivity contribution in [2.24, 2.45) is 0 Å². The molecule has 2 fully saturated rings. The lowest BCUT2D eigenvalue weighted by Gasteiger charge is -2.38. The minimum absolute atomic E-state index is 0.191. The number of nitrogens with zero attached hydrogens (tertiary/aromatic N) is 2. The fourth-order valence-electron chi connectivity index (χ4n) is 3.44. The predicted molar refractivity (Wildman–Crippen MR) is 80.9 cm³/mol. The molecule has 0 radical (unpaired) electrons. The molecule has 3 heteroatoms. The van der Waals surface area contributed by atoms with Gasteiger partial charge in [0.05, 0.1) is 0 Å². The molecule has 2 aliphatic rings. The summed E-state index contributed by atoms with van der Waals surface area (Å²) >= 11 is 0. The van der Waals surface area contributed by atoms with Crippen LogP contribution in [-0.2, 0) is 0 Å². The molecule has 3 rings (SSSR count). The van der Waals surface area contributed by atoms with Gasteiger partial charge in [0.25, 0.3) is 5.91 Å². The zero-order chi connectivity index (χ0) is 13.9. The van der Waals surface area contributed by atoms with Crippen LogP contribution in [0.2, 0.25) is 0 Å². The summed E-state index contributed by atoms with van der Waals surface area (Å²) in [7, 11) is 0. The summed E-state index contributed by atoms with van der Waals surface area (Å²) in [6.45, 7) is 5.89. The van der Waals surface area contributed by atoms with E-state index in [4.69, 9.17) is 0 Å². The van der Waals surface area contributed by atoms with Crippen molar-refractivity contribution in [1.82, 2.24) is 9.80 Å². The summed E-state index contributed by atoms with van der Waals surface area (Å²) < 4.78 is 0. The molecule has 20 heavy (non-hydrogen) atoms. The first kappa shape index (κ1) is 13.6. The van der Waals surface area contributed by atoms with Gasteiger partial charge in [-0.05, 0) is 31.9 Å². The van der Waals surface area contributed by atoms with Gasteiger partial charge in [-0.3, -0.25) is 9.69 Å². The molecule has 1 aliphatic carbocycles. The minimum Gasteiger partial charge on any atom is -0.336 e. The van der Waals surface area contributed by atoms with Crippen molar-refractivity contribution in [3.05, 3.63) is 35.4 Å². The lowest BCUT2D eigenvalue weighted by Crippen LogP contribution is -2.51. The summed E-state index contributed by atoms with van der Waals surface area (Å²) in [5, 5.41) is 0. The number of benzene rings is 1. The van der Waals surface area contributed by atoms with E-state index < -0.39 is 0 Å². The highest BCUT2D eigenvalue weighted by atomic mass is 16.2. The number of carbonyl (C=O) groups excluding carboxylic acids is 1. The number of piperazine rings is 1. The lowest BCUT2D eigenvalue weighted by molar-refractivity contribution is 0.0573. The maximum atomic E-state index is 12.4. The van der Waals surface area contributed by atoms with Crippen molar-refractivity contribution >= 4 is 5.91 Å². The Morgan fingerprint density at radius 2 is 1.60 bits per heavy atom. The van der Waals surface area contributed by atoms with E-state index in [0.29, 0.717) is 0 Å². The molecule has 108 valence electrons. The van der Waals surface area contributed by atoms with E-state index >= 15 is 0 Å². The van der Waals surface area contributed by atoms with Gasteiger partial charge in [0.15, 0.2) is 0 Å².